The molecule has 2 aromatic heterocycles. The predicted octanol–water partition coefficient (Wildman–Crippen LogP) is 3.13. The highest BCUT2D eigenvalue weighted by Gasteiger charge is 2.35. The summed E-state index contributed by atoms with van der Waals surface area (Å²) in [5, 5.41) is 5.76. The summed E-state index contributed by atoms with van der Waals surface area (Å²) < 4.78 is 10.8. The van der Waals surface area contributed by atoms with Gasteiger partial charge in [0.05, 0.1) is 12.3 Å². The molecule has 0 fully saturated rings. The molecule has 2 amide bonds. The highest BCUT2D eigenvalue weighted by molar-refractivity contribution is 5.91. The highest BCUT2D eigenvalue weighted by Crippen LogP contribution is 2.41. The Balaban J connectivity index is 1.55. The lowest BCUT2D eigenvalue weighted by molar-refractivity contribution is -0.122. The topological polar surface area (TPSA) is 84.5 Å². The lowest BCUT2D eigenvalue weighted by Crippen LogP contribution is -2.37. The van der Waals surface area contributed by atoms with Gasteiger partial charge in [0.25, 0.3) is 5.91 Å². The van der Waals surface area contributed by atoms with Crippen LogP contribution in [0.5, 0.6) is 0 Å². The number of carbonyl (C=O) groups is 2. The van der Waals surface area contributed by atoms with Crippen molar-refractivity contribution < 1.29 is 18.4 Å². The molecule has 1 aliphatic rings. The minimum Gasteiger partial charge on any atom is -0.466 e. The summed E-state index contributed by atoms with van der Waals surface area (Å²) in [6.07, 6.45) is 3.40. The average Bonchev–Trinajstić information content (AvgIpc) is 3.15. The summed E-state index contributed by atoms with van der Waals surface area (Å²) in [7, 11) is 0. The van der Waals surface area contributed by atoms with Crippen molar-refractivity contribution in [2.75, 3.05) is 6.54 Å². The number of nitrogens with one attached hydrogen (secondary N) is 2. The Morgan fingerprint density at radius 3 is 2.88 bits per heavy atom. The molecule has 2 N–H and O–H groups in total. The molecule has 2 aromatic rings. The number of hydrogen-bond donors (Lipinski definition) is 2. The molecule has 0 spiro atoms. The Bertz CT molecular complexity index is 758. The van der Waals surface area contributed by atoms with E-state index in [4.69, 9.17) is 8.83 Å². The van der Waals surface area contributed by atoms with Crippen molar-refractivity contribution >= 4 is 11.8 Å². The van der Waals surface area contributed by atoms with Crippen molar-refractivity contribution in [1.82, 2.24) is 10.6 Å². The van der Waals surface area contributed by atoms with Crippen molar-refractivity contribution in [3.8, 4) is 0 Å². The van der Waals surface area contributed by atoms with E-state index in [0.717, 1.165) is 29.9 Å². The molecule has 1 aliphatic carbocycles. The molecule has 1 atom stereocenters. The maximum atomic E-state index is 12.3. The van der Waals surface area contributed by atoms with Gasteiger partial charge in [-0.1, -0.05) is 13.8 Å². The van der Waals surface area contributed by atoms with Crippen LogP contribution in [0.1, 0.15) is 60.4 Å². The molecule has 0 saturated heterocycles. The first kappa shape index (κ1) is 17.3. The van der Waals surface area contributed by atoms with Crippen LogP contribution in [0.3, 0.4) is 0 Å². The van der Waals surface area contributed by atoms with E-state index >= 15 is 0 Å². The molecule has 0 saturated carbocycles. The van der Waals surface area contributed by atoms with Crippen molar-refractivity contribution in [2.24, 2.45) is 5.41 Å². The first-order valence-electron chi connectivity index (χ1n) is 8.54. The van der Waals surface area contributed by atoms with E-state index in [1.54, 1.807) is 12.1 Å². The molecular formula is C19H24N2O4. The normalized spacial score (nSPS) is 18.4. The van der Waals surface area contributed by atoms with Gasteiger partial charge in [0.1, 0.15) is 11.5 Å². The van der Waals surface area contributed by atoms with Crippen LogP contribution < -0.4 is 10.6 Å². The molecule has 0 radical (unpaired) electrons. The minimum absolute atomic E-state index is 0.0514. The molecule has 0 bridgehead atoms. The van der Waals surface area contributed by atoms with Gasteiger partial charge in [-0.3, -0.25) is 9.59 Å². The van der Waals surface area contributed by atoms with Crippen molar-refractivity contribution in [3.05, 3.63) is 47.3 Å². The largest absolute Gasteiger partial charge is 0.466 e. The van der Waals surface area contributed by atoms with Crippen LogP contribution in [0.25, 0.3) is 0 Å². The quantitative estimate of drug-likeness (QED) is 0.873. The molecule has 1 unspecified atom stereocenters. The van der Waals surface area contributed by atoms with Gasteiger partial charge in [0.2, 0.25) is 5.91 Å². The SMILES string of the molecule is Cc1cc2c(o1)CC(C)(C)CC2NC(=O)CCNC(=O)c1ccco1. The van der Waals surface area contributed by atoms with Gasteiger partial charge < -0.3 is 19.5 Å². The van der Waals surface area contributed by atoms with Gasteiger partial charge in [-0.25, -0.2) is 0 Å². The molecule has 25 heavy (non-hydrogen) atoms. The lowest BCUT2D eigenvalue weighted by atomic mass is 9.74. The Labute approximate surface area is 147 Å². The molecule has 2 heterocycles. The van der Waals surface area contributed by atoms with Crippen LogP contribution in [0.15, 0.2) is 33.3 Å². The monoisotopic (exact) mass is 344 g/mol. The third kappa shape index (κ3) is 4.13. The molecule has 3 rings (SSSR count). The third-order valence-electron chi connectivity index (χ3n) is 4.45. The van der Waals surface area contributed by atoms with Gasteiger partial charge in [-0.15, -0.1) is 0 Å². The zero-order chi connectivity index (χ0) is 18.0. The van der Waals surface area contributed by atoms with Crippen LogP contribution in [0.2, 0.25) is 0 Å². The smallest absolute Gasteiger partial charge is 0.286 e. The summed E-state index contributed by atoms with van der Waals surface area (Å²) >= 11 is 0. The van der Waals surface area contributed by atoms with Crippen LogP contribution in [0, 0.1) is 12.3 Å². The number of fused-ring (bicyclic) bond motifs is 1. The van der Waals surface area contributed by atoms with Gasteiger partial charge >= 0.3 is 0 Å². The summed E-state index contributed by atoms with van der Waals surface area (Å²) in [5.41, 5.74) is 1.15. The van der Waals surface area contributed by atoms with Gasteiger partial charge in [-0.2, -0.15) is 0 Å². The number of amides is 2. The number of furan rings is 2. The summed E-state index contributed by atoms with van der Waals surface area (Å²) in [5.74, 6) is 1.67. The third-order valence-corrected chi connectivity index (χ3v) is 4.45. The number of aryl methyl sites for hydroxylation is 1. The van der Waals surface area contributed by atoms with Crippen molar-refractivity contribution in [2.45, 2.75) is 46.1 Å². The zero-order valence-corrected chi connectivity index (χ0v) is 14.8. The highest BCUT2D eigenvalue weighted by atomic mass is 16.3. The van der Waals surface area contributed by atoms with E-state index in [0.29, 0.717) is 0 Å². The minimum atomic E-state index is -0.315. The summed E-state index contributed by atoms with van der Waals surface area (Å²) in [6.45, 7) is 6.54. The fraction of sp³-hybridized carbons (Fsp3) is 0.474. The van der Waals surface area contributed by atoms with E-state index in [9.17, 15) is 9.59 Å². The molecule has 6 nitrogen and oxygen atoms in total. The maximum absolute atomic E-state index is 12.3. The number of hydrogen-bond acceptors (Lipinski definition) is 4. The number of carbonyl (C=O) groups excluding carboxylic acids is 2. The van der Waals surface area contributed by atoms with E-state index in [2.05, 4.69) is 24.5 Å². The predicted molar refractivity (Wildman–Crippen MR) is 92.1 cm³/mol. The van der Waals surface area contributed by atoms with Gasteiger partial charge in [0.15, 0.2) is 5.76 Å². The number of rotatable bonds is 5. The standard InChI is InChI=1S/C19H24N2O4/c1-12-9-13-14(10-19(2,3)11-16(13)25-12)21-17(22)6-7-20-18(23)15-5-4-8-24-15/h4-5,8-9,14H,6-7,10-11H2,1-3H3,(H,20,23)(H,21,22). The Morgan fingerprint density at radius 1 is 1.36 bits per heavy atom. The fourth-order valence-electron chi connectivity index (χ4n) is 3.36. The Morgan fingerprint density at radius 2 is 2.16 bits per heavy atom. The second kappa shape index (κ2) is 6.78. The average molecular weight is 344 g/mol. The molecule has 0 aliphatic heterocycles. The van der Waals surface area contributed by atoms with E-state index in [1.807, 2.05) is 13.0 Å². The van der Waals surface area contributed by atoms with E-state index in [1.165, 1.54) is 6.26 Å². The summed E-state index contributed by atoms with van der Waals surface area (Å²) in [4.78, 5) is 24.1. The van der Waals surface area contributed by atoms with E-state index < -0.39 is 0 Å². The molecule has 6 heteroatoms. The second-order valence-electron chi connectivity index (χ2n) is 7.38. The lowest BCUT2D eigenvalue weighted by Gasteiger charge is -2.34. The molecule has 0 aromatic carbocycles. The summed E-state index contributed by atoms with van der Waals surface area (Å²) in [6, 6.07) is 5.19. The zero-order valence-electron chi connectivity index (χ0n) is 14.8. The fourth-order valence-corrected chi connectivity index (χ4v) is 3.36. The van der Waals surface area contributed by atoms with Crippen LogP contribution >= 0.6 is 0 Å². The second-order valence-corrected chi connectivity index (χ2v) is 7.38. The Hall–Kier alpha value is -2.50. The first-order valence-corrected chi connectivity index (χ1v) is 8.54. The first-order chi connectivity index (χ1) is 11.8. The van der Waals surface area contributed by atoms with Crippen molar-refractivity contribution in [3.63, 3.8) is 0 Å². The maximum Gasteiger partial charge on any atom is 0.286 e. The van der Waals surface area contributed by atoms with Crippen molar-refractivity contribution in [1.29, 1.82) is 0 Å². The van der Waals surface area contributed by atoms with Gasteiger partial charge in [-0.05, 0) is 37.0 Å². The molecular weight excluding hydrogens is 320 g/mol. The Kier molecular flexibility index (Phi) is 4.70. The van der Waals surface area contributed by atoms with E-state index in [-0.39, 0.29) is 42.0 Å². The van der Waals surface area contributed by atoms with Crippen LogP contribution in [-0.2, 0) is 11.2 Å². The van der Waals surface area contributed by atoms with Gasteiger partial charge in [0, 0.05) is 24.9 Å². The van der Waals surface area contributed by atoms with Crippen LogP contribution in [-0.4, -0.2) is 18.4 Å². The van der Waals surface area contributed by atoms with Crippen LogP contribution in [0.4, 0.5) is 0 Å². The molecule has 134 valence electrons.